The summed E-state index contributed by atoms with van der Waals surface area (Å²) < 4.78 is 10.3. The molecule has 124 valence electrons. The maximum Gasteiger partial charge on any atom is 0.253 e. The second-order valence-electron chi connectivity index (χ2n) is 5.47. The Morgan fingerprint density at radius 1 is 1.04 bits per heavy atom. The average Bonchev–Trinajstić information content (AvgIpc) is 3.05. The number of fused-ring (bicyclic) bond motifs is 1. The monoisotopic (exact) mass is 324 g/mol. The second kappa shape index (κ2) is 7.08. The van der Waals surface area contributed by atoms with Crippen molar-refractivity contribution in [1.82, 2.24) is 10.3 Å². The number of H-pyrrole nitrogens is 1. The first-order valence-corrected chi connectivity index (χ1v) is 7.77. The smallest absolute Gasteiger partial charge is 0.253 e. The molecule has 24 heavy (non-hydrogen) atoms. The molecule has 5 nitrogen and oxygen atoms in total. The van der Waals surface area contributed by atoms with Gasteiger partial charge in [-0.1, -0.05) is 12.1 Å². The number of carbonyl (C=O) groups excluding carboxylic acids is 1. The van der Waals surface area contributed by atoms with Crippen LogP contribution in [0.15, 0.2) is 48.7 Å². The van der Waals surface area contributed by atoms with Crippen molar-refractivity contribution >= 4 is 16.8 Å². The summed E-state index contributed by atoms with van der Waals surface area (Å²) >= 11 is 0. The highest BCUT2D eigenvalue weighted by atomic mass is 16.5. The van der Waals surface area contributed by atoms with Crippen LogP contribution in [-0.2, 0) is 6.42 Å². The molecule has 0 aliphatic rings. The van der Waals surface area contributed by atoms with Crippen LogP contribution in [-0.4, -0.2) is 31.7 Å². The molecule has 0 aliphatic carbocycles. The van der Waals surface area contributed by atoms with Crippen molar-refractivity contribution < 1.29 is 14.3 Å². The molecule has 0 spiro atoms. The third kappa shape index (κ3) is 3.35. The largest absolute Gasteiger partial charge is 0.497 e. The van der Waals surface area contributed by atoms with E-state index < -0.39 is 0 Å². The zero-order valence-corrected chi connectivity index (χ0v) is 13.8. The third-order valence-electron chi connectivity index (χ3n) is 3.99. The van der Waals surface area contributed by atoms with E-state index in [-0.39, 0.29) is 5.91 Å². The Balaban J connectivity index is 1.62. The molecule has 2 N–H and O–H groups in total. The van der Waals surface area contributed by atoms with E-state index in [0.717, 1.165) is 34.4 Å². The summed E-state index contributed by atoms with van der Waals surface area (Å²) in [6.07, 6.45) is 2.50. The number of benzene rings is 2. The summed E-state index contributed by atoms with van der Waals surface area (Å²) in [5, 5.41) is 3.85. The number of rotatable bonds is 6. The summed E-state index contributed by atoms with van der Waals surface area (Å²) in [6, 6.07) is 13.5. The SMILES string of the molecule is COc1ccc(CCNC(=O)c2c[nH]c3cc(OC)ccc23)cc1. The van der Waals surface area contributed by atoms with Gasteiger partial charge in [-0.05, 0) is 36.2 Å². The molecule has 0 saturated heterocycles. The number of amides is 1. The van der Waals surface area contributed by atoms with E-state index in [1.54, 1.807) is 20.4 Å². The minimum Gasteiger partial charge on any atom is -0.497 e. The Hall–Kier alpha value is -2.95. The van der Waals surface area contributed by atoms with Crippen molar-refractivity contribution in [3.63, 3.8) is 0 Å². The Labute approximate surface area is 140 Å². The van der Waals surface area contributed by atoms with Gasteiger partial charge in [0.2, 0.25) is 0 Å². The number of nitrogens with one attached hydrogen (secondary N) is 2. The normalized spacial score (nSPS) is 10.6. The molecule has 0 bridgehead atoms. The molecular weight excluding hydrogens is 304 g/mol. The predicted molar refractivity (Wildman–Crippen MR) is 93.9 cm³/mol. The van der Waals surface area contributed by atoms with Crippen molar-refractivity contribution in [2.24, 2.45) is 0 Å². The number of hydrogen-bond acceptors (Lipinski definition) is 3. The van der Waals surface area contributed by atoms with Crippen LogP contribution < -0.4 is 14.8 Å². The van der Waals surface area contributed by atoms with Gasteiger partial charge in [0, 0.05) is 29.7 Å². The van der Waals surface area contributed by atoms with Gasteiger partial charge in [-0.15, -0.1) is 0 Å². The van der Waals surface area contributed by atoms with Crippen LogP contribution in [0.1, 0.15) is 15.9 Å². The highest BCUT2D eigenvalue weighted by Crippen LogP contribution is 2.23. The molecule has 3 rings (SSSR count). The number of aromatic nitrogens is 1. The standard InChI is InChI=1S/C19H20N2O3/c1-23-14-5-3-13(4-6-14)9-10-20-19(22)17-12-21-18-11-15(24-2)7-8-16(17)18/h3-8,11-12,21H,9-10H2,1-2H3,(H,20,22). The van der Waals surface area contributed by atoms with Gasteiger partial charge in [-0.3, -0.25) is 4.79 Å². The van der Waals surface area contributed by atoms with Gasteiger partial charge in [0.25, 0.3) is 5.91 Å². The van der Waals surface area contributed by atoms with E-state index in [2.05, 4.69) is 10.3 Å². The molecule has 0 fully saturated rings. The van der Waals surface area contributed by atoms with Crippen molar-refractivity contribution in [3.05, 3.63) is 59.8 Å². The highest BCUT2D eigenvalue weighted by Gasteiger charge is 2.12. The molecule has 0 unspecified atom stereocenters. The molecule has 1 amide bonds. The van der Waals surface area contributed by atoms with Gasteiger partial charge in [0.05, 0.1) is 19.8 Å². The van der Waals surface area contributed by atoms with Crippen LogP contribution in [0.3, 0.4) is 0 Å². The van der Waals surface area contributed by atoms with Crippen LogP contribution in [0.2, 0.25) is 0 Å². The van der Waals surface area contributed by atoms with Gasteiger partial charge < -0.3 is 19.8 Å². The van der Waals surface area contributed by atoms with Gasteiger partial charge >= 0.3 is 0 Å². The lowest BCUT2D eigenvalue weighted by Crippen LogP contribution is -2.25. The molecule has 5 heteroatoms. The molecule has 1 aromatic heterocycles. The zero-order chi connectivity index (χ0) is 16.9. The number of aromatic amines is 1. The minimum absolute atomic E-state index is 0.0834. The van der Waals surface area contributed by atoms with Crippen molar-refractivity contribution in [2.75, 3.05) is 20.8 Å². The Morgan fingerprint density at radius 2 is 1.75 bits per heavy atom. The topological polar surface area (TPSA) is 63.3 Å². The Morgan fingerprint density at radius 3 is 2.46 bits per heavy atom. The van der Waals surface area contributed by atoms with Crippen LogP contribution in [0, 0.1) is 0 Å². The number of methoxy groups -OCH3 is 2. The maximum absolute atomic E-state index is 12.4. The van der Waals surface area contributed by atoms with Gasteiger partial charge in [-0.25, -0.2) is 0 Å². The van der Waals surface area contributed by atoms with E-state index in [9.17, 15) is 4.79 Å². The van der Waals surface area contributed by atoms with E-state index in [4.69, 9.17) is 9.47 Å². The molecular formula is C19H20N2O3. The summed E-state index contributed by atoms with van der Waals surface area (Å²) in [5.74, 6) is 1.51. The fraction of sp³-hybridized carbons (Fsp3) is 0.211. The zero-order valence-electron chi connectivity index (χ0n) is 13.8. The molecule has 3 aromatic rings. The fourth-order valence-electron chi connectivity index (χ4n) is 2.63. The third-order valence-corrected chi connectivity index (χ3v) is 3.99. The van der Waals surface area contributed by atoms with E-state index in [0.29, 0.717) is 12.1 Å². The van der Waals surface area contributed by atoms with Crippen LogP contribution in [0.5, 0.6) is 11.5 Å². The van der Waals surface area contributed by atoms with E-state index >= 15 is 0 Å². The molecule has 2 aromatic carbocycles. The fourth-order valence-corrected chi connectivity index (χ4v) is 2.63. The molecule has 0 atom stereocenters. The first kappa shape index (κ1) is 15.9. The summed E-state index contributed by atoms with van der Waals surface area (Å²) in [6.45, 7) is 0.577. The summed E-state index contributed by atoms with van der Waals surface area (Å²) in [5.41, 5.74) is 2.68. The summed E-state index contributed by atoms with van der Waals surface area (Å²) in [4.78, 5) is 15.5. The van der Waals surface area contributed by atoms with Crippen LogP contribution in [0.4, 0.5) is 0 Å². The Kier molecular flexibility index (Phi) is 4.70. The number of hydrogen-bond donors (Lipinski definition) is 2. The number of ether oxygens (including phenoxy) is 2. The lowest BCUT2D eigenvalue weighted by atomic mass is 10.1. The predicted octanol–water partition coefficient (Wildman–Crippen LogP) is 3.16. The highest BCUT2D eigenvalue weighted by molar-refractivity contribution is 6.06. The van der Waals surface area contributed by atoms with Crippen molar-refractivity contribution in [2.45, 2.75) is 6.42 Å². The lowest BCUT2D eigenvalue weighted by molar-refractivity contribution is 0.0956. The Bertz CT molecular complexity index is 837. The maximum atomic E-state index is 12.4. The van der Waals surface area contributed by atoms with Crippen molar-refractivity contribution in [1.29, 1.82) is 0 Å². The van der Waals surface area contributed by atoms with Crippen molar-refractivity contribution in [3.8, 4) is 11.5 Å². The van der Waals surface area contributed by atoms with E-state index in [1.165, 1.54) is 0 Å². The molecule has 0 radical (unpaired) electrons. The average molecular weight is 324 g/mol. The van der Waals surface area contributed by atoms with Gasteiger partial charge in [0.15, 0.2) is 0 Å². The number of carbonyl (C=O) groups is 1. The minimum atomic E-state index is -0.0834. The summed E-state index contributed by atoms with van der Waals surface area (Å²) in [7, 11) is 3.27. The first-order chi connectivity index (χ1) is 11.7. The van der Waals surface area contributed by atoms with Crippen LogP contribution >= 0.6 is 0 Å². The van der Waals surface area contributed by atoms with Crippen LogP contribution in [0.25, 0.3) is 10.9 Å². The van der Waals surface area contributed by atoms with Gasteiger partial charge in [0.1, 0.15) is 11.5 Å². The second-order valence-corrected chi connectivity index (χ2v) is 5.47. The molecule has 0 saturated carbocycles. The molecule has 1 heterocycles. The quantitative estimate of drug-likeness (QED) is 0.732. The van der Waals surface area contributed by atoms with E-state index in [1.807, 2.05) is 42.5 Å². The van der Waals surface area contributed by atoms with Gasteiger partial charge in [-0.2, -0.15) is 0 Å². The first-order valence-electron chi connectivity index (χ1n) is 7.77. The molecule has 0 aliphatic heterocycles. The lowest BCUT2D eigenvalue weighted by Gasteiger charge is -2.06.